The highest BCUT2D eigenvalue weighted by Gasteiger charge is 2.27. The molecule has 1 fully saturated rings. The van der Waals surface area contributed by atoms with Crippen LogP contribution in [0.1, 0.15) is 32.6 Å². The van der Waals surface area contributed by atoms with Crippen molar-refractivity contribution in [2.75, 3.05) is 0 Å². The number of rotatable bonds is 3. The summed E-state index contributed by atoms with van der Waals surface area (Å²) in [6, 6.07) is 0.431. The second-order valence-electron chi connectivity index (χ2n) is 2.97. The van der Waals surface area contributed by atoms with Crippen LogP contribution in [-0.2, 0) is 0 Å². The van der Waals surface area contributed by atoms with Gasteiger partial charge in [-0.3, -0.25) is 0 Å². The van der Waals surface area contributed by atoms with E-state index < -0.39 is 0 Å². The molecule has 10 heavy (non-hydrogen) atoms. The quantitative estimate of drug-likeness (QED) is 0.586. The number of hydrogen-bond acceptors (Lipinski definition) is 1. The van der Waals surface area contributed by atoms with Gasteiger partial charge in [0, 0.05) is 12.5 Å². The smallest absolute Gasteiger partial charge is 0.0103 e. The molecule has 1 heteroatoms. The standard InChI is InChI=1S/C9H15N/c1-2-3-4-5-9(10)8-6-7-8/h8-9H,4-7,10H2,1H3. The molecule has 1 saturated carbocycles. The minimum Gasteiger partial charge on any atom is -0.327 e. The van der Waals surface area contributed by atoms with E-state index in [2.05, 4.69) is 11.8 Å². The highest BCUT2D eigenvalue weighted by atomic mass is 14.7. The molecule has 0 aliphatic heterocycles. The van der Waals surface area contributed by atoms with Gasteiger partial charge in [0.2, 0.25) is 0 Å². The van der Waals surface area contributed by atoms with Gasteiger partial charge in [-0.1, -0.05) is 0 Å². The van der Waals surface area contributed by atoms with Crippen molar-refractivity contribution in [3.05, 3.63) is 0 Å². The summed E-state index contributed by atoms with van der Waals surface area (Å²) < 4.78 is 0. The molecular formula is C9H15N. The van der Waals surface area contributed by atoms with Crippen LogP contribution in [0.3, 0.4) is 0 Å². The van der Waals surface area contributed by atoms with Crippen LogP contribution in [0.4, 0.5) is 0 Å². The first kappa shape index (κ1) is 7.63. The van der Waals surface area contributed by atoms with Gasteiger partial charge in [-0.15, -0.1) is 11.8 Å². The molecule has 1 aliphatic rings. The summed E-state index contributed by atoms with van der Waals surface area (Å²) >= 11 is 0. The van der Waals surface area contributed by atoms with E-state index in [1.165, 1.54) is 12.8 Å². The van der Waals surface area contributed by atoms with Crippen molar-refractivity contribution in [3.8, 4) is 11.8 Å². The van der Waals surface area contributed by atoms with Crippen LogP contribution in [-0.4, -0.2) is 6.04 Å². The summed E-state index contributed by atoms with van der Waals surface area (Å²) in [4.78, 5) is 0. The Labute approximate surface area is 63.0 Å². The minimum atomic E-state index is 0.431. The van der Waals surface area contributed by atoms with Crippen molar-refractivity contribution in [1.29, 1.82) is 0 Å². The predicted octanol–water partition coefficient (Wildman–Crippen LogP) is 1.53. The zero-order valence-electron chi connectivity index (χ0n) is 6.56. The first-order valence-electron chi connectivity index (χ1n) is 3.99. The Kier molecular flexibility index (Phi) is 2.77. The average Bonchev–Trinajstić information content (AvgIpc) is 2.69. The van der Waals surface area contributed by atoms with Crippen molar-refractivity contribution in [1.82, 2.24) is 0 Å². The fourth-order valence-electron chi connectivity index (χ4n) is 1.12. The van der Waals surface area contributed by atoms with Crippen LogP contribution in [0.15, 0.2) is 0 Å². The first-order valence-corrected chi connectivity index (χ1v) is 3.99. The molecule has 1 rings (SSSR count). The largest absolute Gasteiger partial charge is 0.327 e. The van der Waals surface area contributed by atoms with Gasteiger partial charge in [-0.2, -0.15) is 0 Å². The van der Waals surface area contributed by atoms with Crippen LogP contribution >= 0.6 is 0 Å². The molecule has 1 atom stereocenters. The van der Waals surface area contributed by atoms with Gasteiger partial charge in [0.05, 0.1) is 0 Å². The Bertz CT molecular complexity index is 148. The van der Waals surface area contributed by atoms with Crippen LogP contribution in [0.5, 0.6) is 0 Å². The van der Waals surface area contributed by atoms with Gasteiger partial charge in [0.15, 0.2) is 0 Å². The molecule has 56 valence electrons. The predicted molar refractivity (Wildman–Crippen MR) is 43.4 cm³/mol. The third-order valence-corrected chi connectivity index (χ3v) is 2.01. The normalized spacial score (nSPS) is 19.4. The lowest BCUT2D eigenvalue weighted by Crippen LogP contribution is -2.21. The zero-order chi connectivity index (χ0) is 7.40. The highest BCUT2D eigenvalue weighted by Crippen LogP contribution is 2.32. The third-order valence-electron chi connectivity index (χ3n) is 2.01. The Morgan fingerprint density at radius 1 is 1.60 bits per heavy atom. The fourth-order valence-corrected chi connectivity index (χ4v) is 1.12. The molecular weight excluding hydrogens is 122 g/mol. The molecule has 1 nitrogen and oxygen atoms in total. The Hall–Kier alpha value is -0.480. The van der Waals surface area contributed by atoms with E-state index in [1.807, 2.05) is 6.92 Å². The van der Waals surface area contributed by atoms with Crippen molar-refractivity contribution in [3.63, 3.8) is 0 Å². The van der Waals surface area contributed by atoms with Crippen LogP contribution in [0.25, 0.3) is 0 Å². The molecule has 0 aromatic carbocycles. The van der Waals surface area contributed by atoms with Crippen LogP contribution in [0, 0.1) is 17.8 Å². The maximum absolute atomic E-state index is 5.85. The maximum Gasteiger partial charge on any atom is 0.0103 e. The monoisotopic (exact) mass is 137 g/mol. The second kappa shape index (κ2) is 3.63. The lowest BCUT2D eigenvalue weighted by molar-refractivity contribution is 0.559. The van der Waals surface area contributed by atoms with Crippen molar-refractivity contribution < 1.29 is 0 Å². The van der Waals surface area contributed by atoms with Gasteiger partial charge in [0.1, 0.15) is 0 Å². The molecule has 0 spiro atoms. The van der Waals surface area contributed by atoms with Crippen molar-refractivity contribution >= 4 is 0 Å². The van der Waals surface area contributed by atoms with Gasteiger partial charge in [0.25, 0.3) is 0 Å². The molecule has 2 N–H and O–H groups in total. The fraction of sp³-hybridized carbons (Fsp3) is 0.778. The van der Waals surface area contributed by atoms with E-state index in [4.69, 9.17) is 5.73 Å². The number of hydrogen-bond donors (Lipinski definition) is 1. The lowest BCUT2D eigenvalue weighted by atomic mass is 10.1. The average molecular weight is 137 g/mol. The van der Waals surface area contributed by atoms with Crippen molar-refractivity contribution in [2.24, 2.45) is 11.7 Å². The maximum atomic E-state index is 5.85. The van der Waals surface area contributed by atoms with Gasteiger partial charge >= 0.3 is 0 Å². The molecule has 0 saturated heterocycles. The van der Waals surface area contributed by atoms with E-state index in [1.54, 1.807) is 0 Å². The van der Waals surface area contributed by atoms with Gasteiger partial charge < -0.3 is 5.73 Å². The van der Waals surface area contributed by atoms with Gasteiger partial charge in [-0.05, 0) is 32.1 Å². The number of nitrogens with two attached hydrogens (primary N) is 1. The van der Waals surface area contributed by atoms with E-state index in [9.17, 15) is 0 Å². The molecule has 0 radical (unpaired) electrons. The topological polar surface area (TPSA) is 26.0 Å². The summed E-state index contributed by atoms with van der Waals surface area (Å²) in [5.74, 6) is 6.74. The molecule has 0 aromatic heterocycles. The van der Waals surface area contributed by atoms with E-state index in [-0.39, 0.29) is 0 Å². The molecule has 0 bridgehead atoms. The van der Waals surface area contributed by atoms with E-state index in [0.717, 1.165) is 18.8 Å². The minimum absolute atomic E-state index is 0.431. The van der Waals surface area contributed by atoms with E-state index in [0.29, 0.717) is 6.04 Å². The third kappa shape index (κ3) is 2.41. The molecule has 0 aromatic rings. The summed E-state index contributed by atoms with van der Waals surface area (Å²) in [5.41, 5.74) is 5.85. The van der Waals surface area contributed by atoms with Crippen LogP contribution < -0.4 is 5.73 Å². The van der Waals surface area contributed by atoms with Crippen molar-refractivity contribution in [2.45, 2.75) is 38.6 Å². The summed E-state index contributed by atoms with van der Waals surface area (Å²) in [6.45, 7) is 1.88. The second-order valence-corrected chi connectivity index (χ2v) is 2.97. The summed E-state index contributed by atoms with van der Waals surface area (Å²) in [7, 11) is 0. The lowest BCUT2D eigenvalue weighted by Gasteiger charge is -2.05. The highest BCUT2D eigenvalue weighted by molar-refractivity contribution is 4.96. The molecule has 1 unspecified atom stereocenters. The van der Waals surface area contributed by atoms with Gasteiger partial charge in [-0.25, -0.2) is 0 Å². The Balaban J connectivity index is 2.04. The van der Waals surface area contributed by atoms with E-state index >= 15 is 0 Å². The first-order chi connectivity index (χ1) is 4.84. The molecule has 0 heterocycles. The summed E-state index contributed by atoms with van der Waals surface area (Å²) in [5, 5.41) is 0. The Morgan fingerprint density at radius 2 is 2.30 bits per heavy atom. The molecule has 1 aliphatic carbocycles. The zero-order valence-corrected chi connectivity index (χ0v) is 6.56. The summed E-state index contributed by atoms with van der Waals surface area (Å²) in [6.07, 6.45) is 4.76. The molecule has 0 amide bonds. The SMILES string of the molecule is CC#CCCC(N)C1CC1. The Morgan fingerprint density at radius 3 is 2.80 bits per heavy atom. The van der Waals surface area contributed by atoms with Crippen LogP contribution in [0.2, 0.25) is 0 Å².